The van der Waals surface area contributed by atoms with Crippen LogP contribution in [-0.2, 0) is 0 Å². The molecule has 0 saturated heterocycles. The maximum Gasteiger partial charge on any atom is 0.325 e. The summed E-state index contributed by atoms with van der Waals surface area (Å²) in [6.07, 6.45) is 1.82. The zero-order valence-corrected chi connectivity index (χ0v) is 15.7. The number of aryl methyl sites for hydroxylation is 1. The molecule has 0 unspecified atom stereocenters. The van der Waals surface area contributed by atoms with Crippen LogP contribution >= 0.6 is 11.3 Å². The molecule has 1 heterocycles. The van der Waals surface area contributed by atoms with Crippen LogP contribution in [0.5, 0.6) is 0 Å². The minimum atomic E-state index is -0.377. The number of nitrogens with one attached hydrogen (secondary N) is 2. The van der Waals surface area contributed by atoms with Gasteiger partial charge in [0, 0.05) is 18.8 Å². The third-order valence-electron chi connectivity index (χ3n) is 3.52. The summed E-state index contributed by atoms with van der Waals surface area (Å²) in [5.41, 5.74) is 1.34. The van der Waals surface area contributed by atoms with E-state index in [-0.39, 0.29) is 11.9 Å². The van der Waals surface area contributed by atoms with E-state index in [4.69, 9.17) is 0 Å². The molecule has 0 aliphatic heterocycles. The second-order valence-electron chi connectivity index (χ2n) is 5.67. The lowest BCUT2D eigenvalue weighted by Crippen LogP contribution is -2.32. The molecule has 6 nitrogen and oxygen atoms in total. The van der Waals surface area contributed by atoms with Crippen molar-refractivity contribution < 1.29 is 9.59 Å². The number of urea groups is 1. The van der Waals surface area contributed by atoms with Crippen molar-refractivity contribution in [2.45, 2.75) is 33.6 Å². The summed E-state index contributed by atoms with van der Waals surface area (Å²) in [5.74, 6) is -0.0183. The number of hydrogen-bond donors (Lipinski definition) is 2. The Labute approximate surface area is 152 Å². The zero-order valence-electron chi connectivity index (χ0n) is 14.8. The molecule has 0 fully saturated rings. The van der Waals surface area contributed by atoms with E-state index >= 15 is 0 Å². The Bertz CT molecular complexity index is 709. The molecular formula is C18H24N4O2S. The number of nitrogens with zero attached hydrogens (tertiary/aromatic N) is 2. The van der Waals surface area contributed by atoms with Gasteiger partial charge in [-0.15, -0.1) is 0 Å². The number of rotatable bonds is 7. The molecule has 25 heavy (non-hydrogen) atoms. The molecule has 0 aliphatic rings. The Morgan fingerprint density at radius 2 is 1.72 bits per heavy atom. The van der Waals surface area contributed by atoms with Crippen LogP contribution in [0, 0.1) is 6.92 Å². The Morgan fingerprint density at radius 3 is 2.32 bits per heavy atom. The summed E-state index contributed by atoms with van der Waals surface area (Å²) in [5, 5.41) is 5.85. The first kappa shape index (κ1) is 18.9. The van der Waals surface area contributed by atoms with Crippen LogP contribution in [0.1, 0.15) is 42.1 Å². The third-order valence-corrected chi connectivity index (χ3v) is 4.58. The fraction of sp³-hybridized carbons (Fsp3) is 0.389. The summed E-state index contributed by atoms with van der Waals surface area (Å²) < 4.78 is 0. The molecule has 2 N–H and O–H groups in total. The maximum atomic E-state index is 12.7. The number of benzene rings is 1. The molecule has 0 radical (unpaired) electrons. The van der Waals surface area contributed by atoms with Crippen LogP contribution in [0.25, 0.3) is 0 Å². The number of thiazole rings is 1. The largest absolute Gasteiger partial charge is 0.338 e. The fourth-order valence-electron chi connectivity index (χ4n) is 2.43. The highest BCUT2D eigenvalue weighted by molar-refractivity contribution is 7.17. The van der Waals surface area contributed by atoms with Crippen molar-refractivity contribution in [1.82, 2.24) is 9.88 Å². The lowest BCUT2D eigenvalue weighted by molar-refractivity contribution is 0.0759. The number of para-hydroxylation sites is 1. The highest BCUT2D eigenvalue weighted by atomic mass is 32.1. The molecule has 3 amide bonds. The minimum Gasteiger partial charge on any atom is -0.338 e. The van der Waals surface area contributed by atoms with Crippen molar-refractivity contribution in [1.29, 1.82) is 0 Å². The van der Waals surface area contributed by atoms with Crippen LogP contribution in [0.3, 0.4) is 0 Å². The Balaban J connectivity index is 2.05. The van der Waals surface area contributed by atoms with Crippen LogP contribution in [0.2, 0.25) is 0 Å². The molecule has 0 bridgehead atoms. The summed E-state index contributed by atoms with van der Waals surface area (Å²) in [7, 11) is 0. The summed E-state index contributed by atoms with van der Waals surface area (Å²) in [6, 6.07) is 8.79. The molecule has 0 spiro atoms. The molecule has 7 heteroatoms. The van der Waals surface area contributed by atoms with E-state index in [0.29, 0.717) is 21.4 Å². The van der Waals surface area contributed by atoms with Gasteiger partial charge in [0.25, 0.3) is 5.91 Å². The average molecular weight is 360 g/mol. The monoisotopic (exact) mass is 360 g/mol. The van der Waals surface area contributed by atoms with Gasteiger partial charge in [0.05, 0.1) is 5.69 Å². The normalized spacial score (nSPS) is 10.4. The maximum absolute atomic E-state index is 12.7. The van der Waals surface area contributed by atoms with Crippen LogP contribution in [-0.4, -0.2) is 34.9 Å². The van der Waals surface area contributed by atoms with Crippen LogP contribution in [0.15, 0.2) is 30.3 Å². The molecule has 0 saturated carbocycles. The topological polar surface area (TPSA) is 74.3 Å². The number of carbonyl (C=O) groups excluding carboxylic acids is 2. The quantitative estimate of drug-likeness (QED) is 0.770. The van der Waals surface area contributed by atoms with Crippen molar-refractivity contribution in [2.75, 3.05) is 23.7 Å². The lowest BCUT2D eigenvalue weighted by Gasteiger charge is -2.20. The molecular weight excluding hydrogens is 336 g/mol. The molecule has 2 aromatic rings. The van der Waals surface area contributed by atoms with Gasteiger partial charge in [-0.2, -0.15) is 0 Å². The lowest BCUT2D eigenvalue weighted by atomic mass is 10.3. The van der Waals surface area contributed by atoms with Gasteiger partial charge in [0.2, 0.25) is 0 Å². The van der Waals surface area contributed by atoms with Crippen molar-refractivity contribution in [2.24, 2.45) is 0 Å². The summed E-state index contributed by atoms with van der Waals surface area (Å²) in [4.78, 5) is 31.5. The van der Waals surface area contributed by atoms with Crippen molar-refractivity contribution in [3.05, 3.63) is 40.9 Å². The second-order valence-corrected chi connectivity index (χ2v) is 6.67. The predicted octanol–water partition coefficient (Wildman–Crippen LogP) is 4.36. The van der Waals surface area contributed by atoms with Gasteiger partial charge in [-0.25, -0.2) is 9.78 Å². The zero-order chi connectivity index (χ0) is 18.2. The van der Waals surface area contributed by atoms with E-state index in [1.807, 2.05) is 23.1 Å². The first-order chi connectivity index (χ1) is 12.0. The van der Waals surface area contributed by atoms with Gasteiger partial charge in [-0.3, -0.25) is 10.1 Å². The van der Waals surface area contributed by atoms with Gasteiger partial charge in [-0.05, 0) is 31.9 Å². The molecule has 1 aromatic heterocycles. The van der Waals surface area contributed by atoms with Gasteiger partial charge in [0.1, 0.15) is 4.88 Å². The first-order valence-electron chi connectivity index (χ1n) is 8.44. The van der Waals surface area contributed by atoms with E-state index < -0.39 is 0 Å². The van der Waals surface area contributed by atoms with E-state index in [0.717, 1.165) is 25.9 Å². The predicted molar refractivity (Wildman–Crippen MR) is 102 cm³/mol. The molecule has 0 atom stereocenters. The first-order valence-corrected chi connectivity index (χ1v) is 9.26. The number of amides is 3. The van der Waals surface area contributed by atoms with Crippen molar-refractivity contribution in [3.8, 4) is 0 Å². The molecule has 0 aliphatic carbocycles. The number of anilines is 2. The van der Waals surface area contributed by atoms with Gasteiger partial charge in [0.15, 0.2) is 5.13 Å². The van der Waals surface area contributed by atoms with Gasteiger partial charge >= 0.3 is 6.03 Å². The standard InChI is InChI=1S/C18H24N4O2S/c1-4-11-22(12-5-2)16(23)15-13(3)19-18(25-15)21-17(24)20-14-9-7-6-8-10-14/h6-10H,4-5,11-12H2,1-3H3,(H2,19,20,21,24). The Hall–Kier alpha value is -2.41. The van der Waals surface area contributed by atoms with E-state index in [1.165, 1.54) is 11.3 Å². The van der Waals surface area contributed by atoms with E-state index in [1.54, 1.807) is 19.1 Å². The fourth-order valence-corrected chi connectivity index (χ4v) is 3.36. The molecule has 134 valence electrons. The van der Waals surface area contributed by atoms with E-state index in [9.17, 15) is 9.59 Å². The van der Waals surface area contributed by atoms with E-state index in [2.05, 4.69) is 29.5 Å². The summed E-state index contributed by atoms with van der Waals surface area (Å²) >= 11 is 1.21. The smallest absolute Gasteiger partial charge is 0.325 e. The third kappa shape index (κ3) is 5.29. The minimum absolute atomic E-state index is 0.0183. The highest BCUT2D eigenvalue weighted by Crippen LogP contribution is 2.24. The number of carbonyl (C=O) groups is 2. The van der Waals surface area contributed by atoms with Crippen LogP contribution < -0.4 is 10.6 Å². The Kier molecular flexibility index (Phi) is 6.94. The summed E-state index contributed by atoms with van der Waals surface area (Å²) in [6.45, 7) is 7.34. The molecule has 2 rings (SSSR count). The van der Waals surface area contributed by atoms with Crippen LogP contribution in [0.4, 0.5) is 15.6 Å². The molecule has 1 aromatic carbocycles. The van der Waals surface area contributed by atoms with Crippen molar-refractivity contribution >= 4 is 34.1 Å². The highest BCUT2D eigenvalue weighted by Gasteiger charge is 2.21. The average Bonchev–Trinajstić information content (AvgIpc) is 2.95. The number of aromatic nitrogens is 1. The van der Waals surface area contributed by atoms with Crippen molar-refractivity contribution in [3.63, 3.8) is 0 Å². The number of hydrogen-bond acceptors (Lipinski definition) is 4. The van der Waals surface area contributed by atoms with Gasteiger partial charge < -0.3 is 10.2 Å². The SMILES string of the molecule is CCCN(CCC)C(=O)c1sc(NC(=O)Nc2ccccc2)nc1C. The van der Waals surface area contributed by atoms with Gasteiger partial charge in [-0.1, -0.05) is 43.4 Å². The Morgan fingerprint density at radius 1 is 1.08 bits per heavy atom. The second kappa shape index (κ2) is 9.17.